The van der Waals surface area contributed by atoms with Crippen LogP contribution in [-0.4, -0.2) is 37.2 Å². The van der Waals surface area contributed by atoms with E-state index in [0.717, 1.165) is 17.0 Å². The van der Waals surface area contributed by atoms with E-state index in [2.05, 4.69) is 20.7 Å². The van der Waals surface area contributed by atoms with Crippen LogP contribution in [0.15, 0.2) is 58.8 Å². The van der Waals surface area contributed by atoms with Gasteiger partial charge >= 0.3 is 0 Å². The van der Waals surface area contributed by atoms with Gasteiger partial charge in [-0.1, -0.05) is 35.5 Å². The van der Waals surface area contributed by atoms with Crippen LogP contribution in [0, 0.1) is 0 Å². The fourth-order valence-electron chi connectivity index (χ4n) is 2.60. The number of phenolic OH excluding ortho intramolecular Hbond substituents is 1. The maximum Gasteiger partial charge on any atom is 0.250 e. The zero-order chi connectivity index (χ0) is 20.8. The SMILES string of the molecule is CCn1c(SCC(=O)NN=C(C)c2cccc(O)c2)nnc1-c1ccc(Cl)cc1. The summed E-state index contributed by atoms with van der Waals surface area (Å²) in [6.07, 6.45) is 0. The van der Waals surface area contributed by atoms with Crippen LogP contribution in [0.1, 0.15) is 19.4 Å². The number of benzene rings is 2. The second-order valence-corrected chi connectivity index (χ2v) is 7.51. The Morgan fingerprint density at radius 1 is 1.24 bits per heavy atom. The van der Waals surface area contributed by atoms with E-state index >= 15 is 0 Å². The lowest BCUT2D eigenvalue weighted by molar-refractivity contribution is -0.118. The summed E-state index contributed by atoms with van der Waals surface area (Å²) in [5.41, 5.74) is 4.77. The number of thioether (sulfide) groups is 1. The van der Waals surface area contributed by atoms with Crippen molar-refractivity contribution in [3.05, 3.63) is 59.1 Å². The van der Waals surface area contributed by atoms with E-state index in [9.17, 15) is 9.90 Å². The molecule has 2 aromatic carbocycles. The molecule has 9 heteroatoms. The van der Waals surface area contributed by atoms with Gasteiger partial charge in [0.1, 0.15) is 5.75 Å². The molecule has 3 rings (SSSR count). The van der Waals surface area contributed by atoms with Crippen molar-refractivity contribution >= 4 is 35.0 Å². The van der Waals surface area contributed by atoms with E-state index < -0.39 is 0 Å². The van der Waals surface area contributed by atoms with Crippen molar-refractivity contribution in [3.63, 3.8) is 0 Å². The van der Waals surface area contributed by atoms with Gasteiger partial charge in [0.05, 0.1) is 11.5 Å². The van der Waals surface area contributed by atoms with Crippen molar-refractivity contribution in [2.45, 2.75) is 25.5 Å². The molecule has 3 aromatic rings. The summed E-state index contributed by atoms with van der Waals surface area (Å²) in [6.45, 7) is 4.42. The van der Waals surface area contributed by atoms with E-state index in [-0.39, 0.29) is 17.4 Å². The molecule has 0 spiro atoms. The first-order chi connectivity index (χ1) is 14.0. The third-order valence-corrected chi connectivity index (χ3v) is 5.30. The second kappa shape index (κ2) is 9.58. The van der Waals surface area contributed by atoms with Crippen LogP contribution >= 0.6 is 23.4 Å². The van der Waals surface area contributed by atoms with Gasteiger partial charge in [0, 0.05) is 22.7 Å². The van der Waals surface area contributed by atoms with Gasteiger partial charge in [0.2, 0.25) is 0 Å². The number of aromatic nitrogens is 3. The third kappa shape index (κ3) is 5.36. The number of hydrogen-bond acceptors (Lipinski definition) is 6. The molecule has 1 aromatic heterocycles. The van der Waals surface area contributed by atoms with Gasteiger partial charge in [-0.2, -0.15) is 5.10 Å². The minimum absolute atomic E-state index is 0.148. The maximum absolute atomic E-state index is 12.2. The molecule has 29 heavy (non-hydrogen) atoms. The van der Waals surface area contributed by atoms with Crippen molar-refractivity contribution in [2.75, 3.05) is 5.75 Å². The van der Waals surface area contributed by atoms with Crippen LogP contribution in [0.3, 0.4) is 0 Å². The number of carbonyl (C=O) groups excluding carboxylic acids is 1. The van der Waals surface area contributed by atoms with Gasteiger partial charge in [-0.05, 0) is 50.2 Å². The lowest BCUT2D eigenvalue weighted by atomic mass is 10.1. The van der Waals surface area contributed by atoms with E-state index in [1.54, 1.807) is 37.3 Å². The lowest BCUT2D eigenvalue weighted by Gasteiger charge is -2.07. The van der Waals surface area contributed by atoms with Crippen molar-refractivity contribution in [2.24, 2.45) is 5.10 Å². The first kappa shape index (κ1) is 20.9. The topological polar surface area (TPSA) is 92.4 Å². The predicted octanol–water partition coefficient (Wildman–Crippen LogP) is 3.96. The fraction of sp³-hybridized carbons (Fsp3) is 0.200. The molecule has 0 saturated carbocycles. The third-order valence-electron chi connectivity index (χ3n) is 4.08. The Kier molecular flexibility index (Phi) is 6.90. The van der Waals surface area contributed by atoms with Crippen LogP contribution < -0.4 is 5.43 Å². The maximum atomic E-state index is 12.2. The minimum atomic E-state index is -0.256. The number of nitrogens with zero attached hydrogens (tertiary/aromatic N) is 4. The summed E-state index contributed by atoms with van der Waals surface area (Å²) in [7, 11) is 0. The largest absolute Gasteiger partial charge is 0.508 e. The monoisotopic (exact) mass is 429 g/mol. The molecule has 0 unspecified atom stereocenters. The summed E-state index contributed by atoms with van der Waals surface area (Å²) in [6, 6.07) is 14.1. The highest BCUT2D eigenvalue weighted by molar-refractivity contribution is 7.99. The Hall–Kier alpha value is -2.84. The molecule has 0 fully saturated rings. The van der Waals surface area contributed by atoms with Crippen LogP contribution in [0.4, 0.5) is 0 Å². The van der Waals surface area contributed by atoms with Crippen molar-refractivity contribution in [1.82, 2.24) is 20.2 Å². The number of halogens is 1. The zero-order valence-electron chi connectivity index (χ0n) is 16.0. The summed E-state index contributed by atoms with van der Waals surface area (Å²) in [5.74, 6) is 0.766. The van der Waals surface area contributed by atoms with Gasteiger partial charge < -0.3 is 9.67 Å². The average molecular weight is 430 g/mol. The molecule has 1 heterocycles. The molecule has 150 valence electrons. The van der Waals surface area contributed by atoms with Crippen molar-refractivity contribution in [1.29, 1.82) is 0 Å². The van der Waals surface area contributed by atoms with E-state index in [1.165, 1.54) is 11.8 Å². The number of hydrogen-bond donors (Lipinski definition) is 2. The quantitative estimate of drug-likeness (QED) is 0.337. The Labute approximate surface area is 177 Å². The van der Waals surface area contributed by atoms with Crippen LogP contribution in [-0.2, 0) is 11.3 Å². The van der Waals surface area contributed by atoms with E-state index in [4.69, 9.17) is 11.6 Å². The molecular formula is C20H20ClN5O2S. The van der Waals surface area contributed by atoms with Gasteiger partial charge in [0.15, 0.2) is 11.0 Å². The summed E-state index contributed by atoms with van der Waals surface area (Å²) in [5, 5.41) is 23.4. The number of aromatic hydroxyl groups is 1. The number of nitrogens with one attached hydrogen (secondary N) is 1. The number of rotatable bonds is 7. The van der Waals surface area contributed by atoms with E-state index in [1.807, 2.05) is 29.7 Å². The summed E-state index contributed by atoms with van der Waals surface area (Å²) in [4.78, 5) is 12.2. The first-order valence-corrected chi connectivity index (χ1v) is 10.3. The average Bonchev–Trinajstić information content (AvgIpc) is 3.14. The Bertz CT molecular complexity index is 1030. The highest BCUT2D eigenvalue weighted by Crippen LogP contribution is 2.25. The molecule has 7 nitrogen and oxygen atoms in total. The molecule has 0 bridgehead atoms. The molecule has 1 amide bonds. The zero-order valence-corrected chi connectivity index (χ0v) is 17.5. The smallest absolute Gasteiger partial charge is 0.250 e. The fourth-order valence-corrected chi connectivity index (χ4v) is 3.52. The number of phenols is 1. The molecule has 0 saturated heterocycles. The number of carbonyl (C=O) groups is 1. The Morgan fingerprint density at radius 3 is 2.69 bits per heavy atom. The minimum Gasteiger partial charge on any atom is -0.508 e. The first-order valence-electron chi connectivity index (χ1n) is 8.92. The molecule has 2 N–H and O–H groups in total. The normalized spacial score (nSPS) is 11.5. The van der Waals surface area contributed by atoms with Crippen molar-refractivity contribution < 1.29 is 9.90 Å². The highest BCUT2D eigenvalue weighted by Gasteiger charge is 2.14. The standard InChI is InChI=1S/C20H20ClN5O2S/c1-3-26-19(14-7-9-16(21)10-8-14)24-25-20(26)29-12-18(28)23-22-13(2)15-5-4-6-17(27)11-15/h4-11,27H,3,12H2,1-2H3,(H,23,28). The Morgan fingerprint density at radius 2 is 2.00 bits per heavy atom. The molecule has 0 aliphatic carbocycles. The van der Waals surface area contributed by atoms with Gasteiger partial charge in [-0.25, -0.2) is 5.43 Å². The molecular weight excluding hydrogens is 410 g/mol. The number of amides is 1. The molecule has 0 radical (unpaired) electrons. The van der Waals surface area contributed by atoms with E-state index in [0.29, 0.717) is 22.4 Å². The van der Waals surface area contributed by atoms with Crippen LogP contribution in [0.5, 0.6) is 5.75 Å². The lowest BCUT2D eigenvalue weighted by Crippen LogP contribution is -2.21. The summed E-state index contributed by atoms with van der Waals surface area (Å²) < 4.78 is 1.95. The van der Waals surface area contributed by atoms with Gasteiger partial charge in [-0.15, -0.1) is 10.2 Å². The summed E-state index contributed by atoms with van der Waals surface area (Å²) >= 11 is 7.24. The van der Waals surface area contributed by atoms with Gasteiger partial charge in [-0.3, -0.25) is 4.79 Å². The van der Waals surface area contributed by atoms with Crippen LogP contribution in [0.2, 0.25) is 5.02 Å². The van der Waals surface area contributed by atoms with Gasteiger partial charge in [0.25, 0.3) is 5.91 Å². The molecule has 0 aliphatic rings. The van der Waals surface area contributed by atoms with Crippen LogP contribution in [0.25, 0.3) is 11.4 Å². The Balaban J connectivity index is 1.63. The number of hydrazone groups is 1. The predicted molar refractivity (Wildman–Crippen MR) is 115 cm³/mol. The molecule has 0 atom stereocenters. The highest BCUT2D eigenvalue weighted by atomic mass is 35.5. The van der Waals surface area contributed by atoms with Crippen molar-refractivity contribution in [3.8, 4) is 17.1 Å². The second-order valence-electron chi connectivity index (χ2n) is 6.13. The molecule has 0 aliphatic heterocycles.